The van der Waals surface area contributed by atoms with E-state index < -0.39 is 0 Å². The molecule has 16 heavy (non-hydrogen) atoms. The summed E-state index contributed by atoms with van der Waals surface area (Å²) in [6, 6.07) is 0. The molecule has 0 saturated heterocycles. The number of hydrogen-bond acceptors (Lipinski definition) is 4. The van der Waals surface area contributed by atoms with Crippen LogP contribution in [0.3, 0.4) is 0 Å². The Bertz CT molecular complexity index is 400. The van der Waals surface area contributed by atoms with E-state index in [-0.39, 0.29) is 5.97 Å². The van der Waals surface area contributed by atoms with Gasteiger partial charge in [-0.2, -0.15) is 0 Å². The first kappa shape index (κ1) is 11.6. The number of rotatable bonds is 2. The number of fused-ring (bicyclic) bond motifs is 1. The summed E-state index contributed by atoms with van der Waals surface area (Å²) in [6.45, 7) is 4.51. The van der Waals surface area contributed by atoms with Crippen LogP contribution in [0.1, 0.15) is 41.8 Å². The molecule has 0 aliphatic heterocycles. The minimum atomic E-state index is -0.202. The maximum Gasteiger partial charge on any atom is 0.312 e. The van der Waals surface area contributed by atoms with Crippen LogP contribution in [0, 0.1) is 5.92 Å². The molecule has 0 fully saturated rings. The van der Waals surface area contributed by atoms with Gasteiger partial charge in [0, 0.05) is 4.88 Å². The predicted octanol–water partition coefficient (Wildman–Crippen LogP) is 2.54. The molecule has 0 amide bonds. The number of aromatic nitrogens is 1. The Morgan fingerprint density at radius 3 is 3.00 bits per heavy atom. The second kappa shape index (κ2) is 4.53. The quantitative estimate of drug-likeness (QED) is 0.744. The molecule has 1 aliphatic rings. The van der Waals surface area contributed by atoms with E-state index in [0.717, 1.165) is 11.4 Å². The maximum absolute atomic E-state index is 11.2. The van der Waals surface area contributed by atoms with E-state index in [9.17, 15) is 4.79 Å². The van der Waals surface area contributed by atoms with Crippen molar-refractivity contribution in [2.45, 2.75) is 39.0 Å². The summed E-state index contributed by atoms with van der Waals surface area (Å²) in [5.74, 6) is 1.09. The largest absolute Gasteiger partial charge is 0.469 e. The molecule has 0 radical (unpaired) electrons. The summed E-state index contributed by atoms with van der Waals surface area (Å²) in [4.78, 5) is 17.1. The molecule has 88 valence electrons. The summed E-state index contributed by atoms with van der Waals surface area (Å²) in [5.41, 5.74) is 1.20. The van der Waals surface area contributed by atoms with Crippen molar-refractivity contribution >= 4 is 17.3 Å². The Morgan fingerprint density at radius 1 is 1.56 bits per heavy atom. The van der Waals surface area contributed by atoms with Gasteiger partial charge >= 0.3 is 5.97 Å². The summed E-state index contributed by atoms with van der Waals surface area (Å²) in [5, 5.41) is 0.901. The van der Waals surface area contributed by atoms with Gasteiger partial charge < -0.3 is 4.74 Å². The molecule has 2 rings (SSSR count). The number of ether oxygens (including phenoxy) is 1. The van der Waals surface area contributed by atoms with E-state index in [0.29, 0.717) is 18.3 Å². The van der Waals surface area contributed by atoms with Crippen LogP contribution in [-0.2, 0) is 22.4 Å². The highest BCUT2D eigenvalue weighted by Gasteiger charge is 2.25. The molecule has 1 aliphatic carbocycles. The van der Waals surface area contributed by atoms with Gasteiger partial charge in [-0.1, -0.05) is 13.8 Å². The summed E-state index contributed by atoms with van der Waals surface area (Å²) in [6.07, 6.45) is 2.60. The summed E-state index contributed by atoms with van der Waals surface area (Å²) in [7, 11) is 1.42. The van der Waals surface area contributed by atoms with Crippen molar-refractivity contribution in [1.29, 1.82) is 0 Å². The standard InChI is InChI=1S/C12H17NO2S/c1-7-4-8(2)12-9(5-7)13-10(16-12)6-11(14)15-3/h7-8H,4-6H2,1-3H3. The molecule has 1 aromatic rings. The van der Waals surface area contributed by atoms with Crippen LogP contribution in [0.4, 0.5) is 0 Å². The van der Waals surface area contributed by atoms with E-state index in [1.54, 1.807) is 11.3 Å². The molecule has 0 bridgehead atoms. The lowest BCUT2D eigenvalue weighted by molar-refractivity contribution is -0.139. The fourth-order valence-electron chi connectivity index (χ4n) is 2.34. The lowest BCUT2D eigenvalue weighted by Gasteiger charge is -2.22. The molecular formula is C12H17NO2S. The molecule has 0 aromatic carbocycles. The Balaban J connectivity index is 2.20. The number of carbonyl (C=O) groups is 1. The molecule has 3 nitrogen and oxygen atoms in total. The summed E-state index contributed by atoms with van der Waals surface area (Å²) >= 11 is 1.68. The Hall–Kier alpha value is -0.900. The zero-order chi connectivity index (χ0) is 11.7. The average molecular weight is 239 g/mol. The molecule has 1 heterocycles. The minimum absolute atomic E-state index is 0.202. The summed E-state index contributed by atoms with van der Waals surface area (Å²) < 4.78 is 4.66. The van der Waals surface area contributed by atoms with E-state index >= 15 is 0 Å². The van der Waals surface area contributed by atoms with Gasteiger partial charge in [0.05, 0.1) is 19.2 Å². The Morgan fingerprint density at radius 2 is 2.31 bits per heavy atom. The van der Waals surface area contributed by atoms with Gasteiger partial charge in [0.15, 0.2) is 0 Å². The van der Waals surface area contributed by atoms with Gasteiger partial charge in [0.25, 0.3) is 0 Å². The fourth-order valence-corrected chi connectivity index (χ4v) is 3.48. The number of carbonyl (C=O) groups excluding carboxylic acids is 1. The van der Waals surface area contributed by atoms with Crippen LogP contribution in [0.25, 0.3) is 0 Å². The highest BCUT2D eigenvalue weighted by atomic mass is 32.1. The number of thiazole rings is 1. The molecule has 0 saturated carbocycles. The van der Waals surface area contributed by atoms with Gasteiger partial charge in [-0.15, -0.1) is 11.3 Å². The fraction of sp³-hybridized carbons (Fsp3) is 0.667. The highest BCUT2D eigenvalue weighted by Crippen LogP contribution is 2.37. The van der Waals surface area contributed by atoms with Gasteiger partial charge in [-0.25, -0.2) is 4.98 Å². The lowest BCUT2D eigenvalue weighted by atomic mass is 9.86. The topological polar surface area (TPSA) is 39.2 Å². The van der Waals surface area contributed by atoms with Crippen molar-refractivity contribution in [3.05, 3.63) is 15.6 Å². The lowest BCUT2D eigenvalue weighted by Crippen LogP contribution is -2.13. The third kappa shape index (κ3) is 2.26. The van der Waals surface area contributed by atoms with Crippen molar-refractivity contribution in [2.75, 3.05) is 7.11 Å². The van der Waals surface area contributed by atoms with Gasteiger partial charge in [-0.3, -0.25) is 4.79 Å². The van der Waals surface area contributed by atoms with E-state index in [1.165, 1.54) is 24.1 Å². The third-order valence-corrected chi connectivity index (χ3v) is 4.37. The molecule has 0 N–H and O–H groups in total. The monoisotopic (exact) mass is 239 g/mol. The molecule has 2 unspecified atom stereocenters. The molecule has 2 atom stereocenters. The van der Waals surface area contributed by atoms with Crippen LogP contribution in [0.2, 0.25) is 0 Å². The van der Waals surface area contributed by atoms with Crippen LogP contribution in [0.5, 0.6) is 0 Å². The van der Waals surface area contributed by atoms with Crippen molar-refractivity contribution < 1.29 is 9.53 Å². The van der Waals surface area contributed by atoms with E-state index in [4.69, 9.17) is 0 Å². The SMILES string of the molecule is COC(=O)Cc1nc2c(s1)C(C)CC(C)C2. The minimum Gasteiger partial charge on any atom is -0.469 e. The number of methoxy groups -OCH3 is 1. The first-order valence-corrected chi connectivity index (χ1v) is 6.47. The smallest absolute Gasteiger partial charge is 0.312 e. The van der Waals surface area contributed by atoms with Gasteiger partial charge in [0.1, 0.15) is 5.01 Å². The molecular weight excluding hydrogens is 222 g/mol. The first-order valence-electron chi connectivity index (χ1n) is 5.65. The average Bonchev–Trinajstić information content (AvgIpc) is 2.60. The van der Waals surface area contributed by atoms with Crippen molar-refractivity contribution in [1.82, 2.24) is 4.98 Å². The van der Waals surface area contributed by atoms with Crippen LogP contribution >= 0.6 is 11.3 Å². The zero-order valence-corrected chi connectivity index (χ0v) is 10.8. The number of esters is 1. The second-order valence-corrected chi connectivity index (χ2v) is 5.73. The Labute approximate surface area is 99.8 Å². The highest BCUT2D eigenvalue weighted by molar-refractivity contribution is 7.12. The first-order chi connectivity index (χ1) is 7.60. The number of hydrogen-bond donors (Lipinski definition) is 0. The second-order valence-electron chi connectivity index (χ2n) is 4.62. The van der Waals surface area contributed by atoms with Crippen molar-refractivity contribution in [3.8, 4) is 0 Å². The van der Waals surface area contributed by atoms with Crippen molar-refractivity contribution in [2.24, 2.45) is 5.92 Å². The van der Waals surface area contributed by atoms with Gasteiger partial charge in [-0.05, 0) is 24.7 Å². The van der Waals surface area contributed by atoms with Gasteiger partial charge in [0.2, 0.25) is 0 Å². The molecule has 0 spiro atoms. The van der Waals surface area contributed by atoms with Crippen LogP contribution in [-0.4, -0.2) is 18.1 Å². The number of nitrogens with zero attached hydrogens (tertiary/aromatic N) is 1. The van der Waals surface area contributed by atoms with E-state index in [2.05, 4.69) is 23.6 Å². The normalized spacial score (nSPS) is 23.9. The molecule has 4 heteroatoms. The van der Waals surface area contributed by atoms with Crippen molar-refractivity contribution in [3.63, 3.8) is 0 Å². The van der Waals surface area contributed by atoms with Crippen LogP contribution in [0.15, 0.2) is 0 Å². The Kier molecular flexibility index (Phi) is 3.28. The van der Waals surface area contributed by atoms with Crippen LogP contribution < -0.4 is 0 Å². The third-order valence-electron chi connectivity index (χ3n) is 3.04. The maximum atomic E-state index is 11.2. The van der Waals surface area contributed by atoms with E-state index in [1.807, 2.05) is 0 Å². The molecule has 1 aromatic heterocycles. The predicted molar refractivity (Wildman–Crippen MR) is 63.7 cm³/mol. The zero-order valence-electron chi connectivity index (χ0n) is 9.95.